The van der Waals surface area contributed by atoms with E-state index in [9.17, 15) is 0 Å². The monoisotopic (exact) mass is 307 g/mol. The van der Waals surface area contributed by atoms with E-state index in [1.165, 1.54) is 67.3 Å². The van der Waals surface area contributed by atoms with Gasteiger partial charge in [-0.05, 0) is 50.5 Å². The predicted octanol–water partition coefficient (Wildman–Crippen LogP) is 4.15. The van der Waals surface area contributed by atoms with Gasteiger partial charge in [-0.1, -0.05) is 32.1 Å². The Balaban J connectivity index is 1.72. The zero-order valence-electron chi connectivity index (χ0n) is 13.7. The van der Waals surface area contributed by atoms with Gasteiger partial charge in [0.2, 0.25) is 0 Å². The highest BCUT2D eigenvalue weighted by Gasteiger charge is 2.29. The highest BCUT2D eigenvalue weighted by molar-refractivity contribution is 7.15. The van der Waals surface area contributed by atoms with Crippen molar-refractivity contribution < 1.29 is 0 Å². The Morgan fingerprint density at radius 1 is 1.33 bits per heavy atom. The highest BCUT2D eigenvalue weighted by atomic mass is 32.1. The quantitative estimate of drug-likeness (QED) is 0.906. The van der Waals surface area contributed by atoms with Crippen LogP contribution < -0.4 is 10.2 Å². The molecule has 0 aromatic carbocycles. The van der Waals surface area contributed by atoms with Crippen molar-refractivity contribution in [1.82, 2.24) is 10.3 Å². The summed E-state index contributed by atoms with van der Waals surface area (Å²) in [7, 11) is 0. The van der Waals surface area contributed by atoms with Gasteiger partial charge in [-0.15, -0.1) is 0 Å². The first-order chi connectivity index (χ1) is 10.1. The van der Waals surface area contributed by atoms with Crippen molar-refractivity contribution in [3.63, 3.8) is 0 Å². The highest BCUT2D eigenvalue weighted by Crippen LogP contribution is 2.39. The molecule has 3 nitrogen and oxygen atoms in total. The van der Waals surface area contributed by atoms with Gasteiger partial charge in [-0.3, -0.25) is 0 Å². The summed E-state index contributed by atoms with van der Waals surface area (Å²) in [6, 6.07) is 0.557. The van der Waals surface area contributed by atoms with Crippen LogP contribution in [0, 0.1) is 5.41 Å². The van der Waals surface area contributed by atoms with Crippen molar-refractivity contribution in [3.05, 3.63) is 10.6 Å². The summed E-state index contributed by atoms with van der Waals surface area (Å²) >= 11 is 1.95. The maximum atomic E-state index is 4.98. The normalized spacial score (nSPS) is 24.9. The first-order valence-corrected chi connectivity index (χ1v) is 9.38. The average Bonchev–Trinajstić information content (AvgIpc) is 2.89. The molecule has 1 N–H and O–H groups in total. The first kappa shape index (κ1) is 15.3. The van der Waals surface area contributed by atoms with Crippen LogP contribution in [0.15, 0.2) is 0 Å². The summed E-state index contributed by atoms with van der Waals surface area (Å²) < 4.78 is 0. The molecule has 0 spiro atoms. The molecule has 1 aliphatic carbocycles. The fourth-order valence-corrected chi connectivity index (χ4v) is 4.63. The molecule has 0 bridgehead atoms. The summed E-state index contributed by atoms with van der Waals surface area (Å²) in [6.07, 6.45) is 7.52. The Morgan fingerprint density at radius 2 is 2.10 bits per heavy atom. The van der Waals surface area contributed by atoms with Crippen LogP contribution in [-0.4, -0.2) is 24.6 Å². The van der Waals surface area contributed by atoms with Crippen LogP contribution in [0.3, 0.4) is 0 Å². The molecular formula is C17H29N3S. The van der Waals surface area contributed by atoms with Crippen LogP contribution in [0.5, 0.6) is 0 Å². The van der Waals surface area contributed by atoms with Crippen molar-refractivity contribution in [3.8, 4) is 0 Å². The molecule has 1 aliphatic heterocycles. The molecule has 0 radical (unpaired) electrons. The number of hydrogen-bond donors (Lipinski definition) is 1. The predicted molar refractivity (Wildman–Crippen MR) is 91.3 cm³/mol. The maximum Gasteiger partial charge on any atom is 0.185 e. The SMILES string of the molecule is CCCNC1CCCc2nc(N3CCC(C)(C)CC3)sc21. The number of thiazole rings is 1. The molecule has 1 fully saturated rings. The van der Waals surface area contributed by atoms with Gasteiger partial charge in [0.15, 0.2) is 5.13 Å². The van der Waals surface area contributed by atoms with E-state index in [0.717, 1.165) is 6.54 Å². The van der Waals surface area contributed by atoms with Crippen LogP contribution in [0.25, 0.3) is 0 Å². The van der Waals surface area contributed by atoms with Crippen molar-refractivity contribution in [1.29, 1.82) is 0 Å². The third kappa shape index (κ3) is 3.42. The molecule has 1 aromatic rings. The topological polar surface area (TPSA) is 28.2 Å². The van der Waals surface area contributed by atoms with Gasteiger partial charge in [-0.25, -0.2) is 4.98 Å². The number of piperidine rings is 1. The van der Waals surface area contributed by atoms with E-state index in [4.69, 9.17) is 4.98 Å². The maximum absolute atomic E-state index is 4.98. The summed E-state index contributed by atoms with van der Waals surface area (Å²) in [5.41, 5.74) is 1.89. The molecule has 0 saturated carbocycles. The molecule has 1 saturated heterocycles. The lowest BCUT2D eigenvalue weighted by Gasteiger charge is -2.36. The minimum Gasteiger partial charge on any atom is -0.348 e. The second kappa shape index (κ2) is 6.25. The van der Waals surface area contributed by atoms with Crippen molar-refractivity contribution in [2.75, 3.05) is 24.5 Å². The lowest BCUT2D eigenvalue weighted by molar-refractivity contribution is 0.279. The van der Waals surface area contributed by atoms with Gasteiger partial charge in [0.25, 0.3) is 0 Å². The lowest BCUT2D eigenvalue weighted by atomic mass is 9.83. The number of aryl methyl sites for hydroxylation is 1. The molecule has 21 heavy (non-hydrogen) atoms. The Labute approximate surface area is 133 Å². The number of hydrogen-bond acceptors (Lipinski definition) is 4. The van der Waals surface area contributed by atoms with E-state index < -0.39 is 0 Å². The average molecular weight is 308 g/mol. The molecule has 4 heteroatoms. The summed E-state index contributed by atoms with van der Waals surface area (Å²) in [6.45, 7) is 10.5. The molecule has 2 heterocycles. The Hall–Kier alpha value is -0.610. The zero-order chi connectivity index (χ0) is 14.9. The number of aromatic nitrogens is 1. The zero-order valence-corrected chi connectivity index (χ0v) is 14.6. The minimum atomic E-state index is 0.512. The van der Waals surface area contributed by atoms with Crippen molar-refractivity contribution in [2.24, 2.45) is 5.41 Å². The third-order valence-electron chi connectivity index (χ3n) is 4.97. The van der Waals surface area contributed by atoms with Gasteiger partial charge in [-0.2, -0.15) is 0 Å². The number of fused-ring (bicyclic) bond motifs is 1. The molecule has 1 aromatic heterocycles. The molecule has 2 aliphatic rings. The number of nitrogens with one attached hydrogen (secondary N) is 1. The fourth-order valence-electron chi connectivity index (χ4n) is 3.36. The molecule has 1 unspecified atom stereocenters. The van der Waals surface area contributed by atoms with Gasteiger partial charge in [0, 0.05) is 24.0 Å². The fraction of sp³-hybridized carbons (Fsp3) is 0.824. The number of rotatable bonds is 4. The van der Waals surface area contributed by atoms with Crippen LogP contribution in [0.2, 0.25) is 0 Å². The summed E-state index contributed by atoms with van der Waals surface area (Å²) in [5, 5.41) is 4.99. The standard InChI is InChI=1S/C17H29N3S/c1-4-10-18-13-6-5-7-14-15(13)21-16(19-14)20-11-8-17(2,3)9-12-20/h13,18H,4-12H2,1-3H3. The number of nitrogens with zero attached hydrogens (tertiary/aromatic N) is 2. The van der Waals surface area contributed by atoms with E-state index in [2.05, 4.69) is 31.0 Å². The first-order valence-electron chi connectivity index (χ1n) is 8.57. The number of anilines is 1. The third-order valence-corrected chi connectivity index (χ3v) is 6.24. The van der Waals surface area contributed by atoms with E-state index in [-0.39, 0.29) is 0 Å². The Bertz CT molecular complexity index is 470. The van der Waals surface area contributed by atoms with E-state index >= 15 is 0 Å². The second-order valence-corrected chi connectivity index (χ2v) is 8.37. The van der Waals surface area contributed by atoms with Crippen molar-refractivity contribution in [2.45, 2.75) is 65.3 Å². The Kier molecular flexibility index (Phi) is 4.55. The molecule has 3 rings (SSSR count). The largest absolute Gasteiger partial charge is 0.348 e. The lowest BCUT2D eigenvalue weighted by Crippen LogP contribution is -2.37. The molecule has 118 valence electrons. The van der Waals surface area contributed by atoms with Gasteiger partial charge in [0.05, 0.1) is 5.69 Å². The van der Waals surface area contributed by atoms with E-state index in [1.807, 2.05) is 11.3 Å². The molecule has 0 amide bonds. The van der Waals surface area contributed by atoms with Crippen LogP contribution in [-0.2, 0) is 6.42 Å². The molecular weight excluding hydrogens is 278 g/mol. The summed E-state index contributed by atoms with van der Waals surface area (Å²) in [4.78, 5) is 9.03. The Morgan fingerprint density at radius 3 is 2.81 bits per heavy atom. The van der Waals surface area contributed by atoms with Gasteiger partial charge < -0.3 is 10.2 Å². The minimum absolute atomic E-state index is 0.512. The smallest absolute Gasteiger partial charge is 0.185 e. The van der Waals surface area contributed by atoms with E-state index in [1.54, 1.807) is 0 Å². The van der Waals surface area contributed by atoms with Crippen LogP contribution in [0.1, 0.15) is 69.5 Å². The van der Waals surface area contributed by atoms with Crippen molar-refractivity contribution >= 4 is 16.5 Å². The van der Waals surface area contributed by atoms with Gasteiger partial charge >= 0.3 is 0 Å². The second-order valence-electron chi connectivity index (χ2n) is 7.36. The van der Waals surface area contributed by atoms with E-state index in [0.29, 0.717) is 11.5 Å². The summed E-state index contributed by atoms with van der Waals surface area (Å²) in [5.74, 6) is 0. The van der Waals surface area contributed by atoms with Gasteiger partial charge in [0.1, 0.15) is 0 Å². The molecule has 1 atom stereocenters. The van der Waals surface area contributed by atoms with Crippen LogP contribution >= 0.6 is 11.3 Å². The van der Waals surface area contributed by atoms with Crippen LogP contribution in [0.4, 0.5) is 5.13 Å².